The van der Waals surface area contributed by atoms with Crippen LogP contribution in [0, 0.1) is 23.7 Å². The highest BCUT2D eigenvalue weighted by Gasteiger charge is 2.77. The predicted molar refractivity (Wildman–Crippen MR) is 75.5 cm³/mol. The van der Waals surface area contributed by atoms with Gasteiger partial charge in [-0.05, 0) is 38.0 Å². The summed E-state index contributed by atoms with van der Waals surface area (Å²) in [6, 6.07) is 0. The Balaban J connectivity index is 1.85. The zero-order valence-corrected chi connectivity index (χ0v) is 14.3. The third kappa shape index (κ3) is 2.14. The largest absolute Gasteiger partial charge is 0.446 e. The van der Waals surface area contributed by atoms with Crippen LogP contribution in [0.15, 0.2) is 0 Å². The smallest absolute Gasteiger partial charge is 0.315 e. The quantitative estimate of drug-likeness (QED) is 0.563. The molecule has 5 rings (SSSR count). The van der Waals surface area contributed by atoms with Crippen LogP contribution in [0.25, 0.3) is 0 Å². The van der Waals surface area contributed by atoms with Crippen molar-refractivity contribution in [1.82, 2.24) is 0 Å². The fourth-order valence-corrected chi connectivity index (χ4v) is 5.40. The van der Waals surface area contributed by atoms with Gasteiger partial charge in [0.05, 0.1) is 0 Å². The summed E-state index contributed by atoms with van der Waals surface area (Å²) in [6.07, 6.45) is -3.84. The molecule has 0 aromatic heterocycles. The molecule has 144 valence electrons. The number of fused-ring (bicyclic) bond motifs is 2. The summed E-state index contributed by atoms with van der Waals surface area (Å²) < 4.78 is 52.6. The molecular weight excluding hydrogens is 345 g/mol. The highest BCUT2D eigenvalue weighted by atomic mass is 19.4. The SMILES string of the molecule is C[C@@H]1CCC2[C@@H](C)[C@](OO)(C(F)(F)F)O[C@@H]3O[C@]4(C)CC[C@@H]1C23OO4. The van der Waals surface area contributed by atoms with Gasteiger partial charge in [0.1, 0.15) is 0 Å². The molecule has 1 aliphatic carbocycles. The van der Waals surface area contributed by atoms with Crippen LogP contribution in [0.2, 0.25) is 0 Å². The minimum Gasteiger partial charge on any atom is -0.315 e. The Bertz CT molecular complexity index is 558. The highest BCUT2D eigenvalue weighted by Crippen LogP contribution is 2.64. The minimum absolute atomic E-state index is 0.0621. The molecule has 0 aromatic rings. The molecule has 5 fully saturated rings. The van der Waals surface area contributed by atoms with Crippen molar-refractivity contribution in [3.63, 3.8) is 0 Å². The second-order valence-electron chi connectivity index (χ2n) is 8.07. The van der Waals surface area contributed by atoms with Crippen molar-refractivity contribution in [2.24, 2.45) is 23.7 Å². The Kier molecular flexibility index (Phi) is 3.80. The van der Waals surface area contributed by atoms with Gasteiger partial charge in [-0.25, -0.2) is 15.0 Å². The summed E-state index contributed by atoms with van der Waals surface area (Å²) >= 11 is 0. The van der Waals surface area contributed by atoms with Crippen molar-refractivity contribution in [3.05, 3.63) is 0 Å². The lowest BCUT2D eigenvalue weighted by molar-refractivity contribution is -0.616. The highest BCUT2D eigenvalue weighted by molar-refractivity contribution is 5.12. The van der Waals surface area contributed by atoms with Crippen LogP contribution in [0.5, 0.6) is 0 Å². The Morgan fingerprint density at radius 3 is 2.40 bits per heavy atom. The molecule has 0 radical (unpaired) electrons. The molecule has 1 saturated carbocycles. The van der Waals surface area contributed by atoms with E-state index in [1.165, 1.54) is 6.92 Å². The van der Waals surface area contributed by atoms with E-state index in [1.807, 2.05) is 0 Å². The zero-order valence-electron chi connectivity index (χ0n) is 14.3. The molecule has 4 saturated heterocycles. The average Bonchev–Trinajstić information content (AvgIpc) is 2.76. The molecule has 9 heteroatoms. The van der Waals surface area contributed by atoms with Gasteiger partial charge in [0, 0.05) is 18.3 Å². The summed E-state index contributed by atoms with van der Waals surface area (Å²) in [5, 5.41) is 9.22. The van der Waals surface area contributed by atoms with Gasteiger partial charge in [0.2, 0.25) is 5.79 Å². The van der Waals surface area contributed by atoms with Crippen LogP contribution < -0.4 is 0 Å². The van der Waals surface area contributed by atoms with Crippen molar-refractivity contribution in [3.8, 4) is 0 Å². The van der Waals surface area contributed by atoms with Gasteiger partial charge in [-0.3, -0.25) is 0 Å². The summed E-state index contributed by atoms with van der Waals surface area (Å²) in [7, 11) is 0. The molecule has 1 N–H and O–H groups in total. The van der Waals surface area contributed by atoms with E-state index < -0.39 is 41.5 Å². The topological polar surface area (TPSA) is 66.4 Å². The van der Waals surface area contributed by atoms with Crippen LogP contribution in [-0.2, 0) is 24.1 Å². The summed E-state index contributed by atoms with van der Waals surface area (Å²) in [6.45, 7) is 5.05. The van der Waals surface area contributed by atoms with Crippen LogP contribution in [0.4, 0.5) is 13.2 Å². The normalized spacial score (nSPS) is 55.6. The molecule has 4 aliphatic heterocycles. The molecule has 6 nitrogen and oxygen atoms in total. The molecule has 0 aromatic carbocycles. The lowest BCUT2D eigenvalue weighted by atomic mass is 9.57. The van der Waals surface area contributed by atoms with Crippen LogP contribution >= 0.6 is 0 Å². The Morgan fingerprint density at radius 2 is 1.76 bits per heavy atom. The van der Waals surface area contributed by atoms with E-state index in [-0.39, 0.29) is 11.8 Å². The number of ether oxygens (including phenoxy) is 2. The molecule has 2 bridgehead atoms. The molecule has 25 heavy (non-hydrogen) atoms. The van der Waals surface area contributed by atoms with Crippen molar-refractivity contribution >= 4 is 0 Å². The first-order valence-electron chi connectivity index (χ1n) is 8.71. The number of halogens is 3. The Morgan fingerprint density at radius 1 is 1.04 bits per heavy atom. The van der Waals surface area contributed by atoms with E-state index >= 15 is 0 Å². The maximum absolute atomic E-state index is 13.8. The van der Waals surface area contributed by atoms with E-state index in [0.29, 0.717) is 19.3 Å². The van der Waals surface area contributed by atoms with E-state index in [0.717, 1.165) is 6.42 Å². The van der Waals surface area contributed by atoms with Gasteiger partial charge >= 0.3 is 12.0 Å². The maximum atomic E-state index is 13.8. The Labute approximate surface area is 143 Å². The van der Waals surface area contributed by atoms with E-state index in [4.69, 9.17) is 19.2 Å². The van der Waals surface area contributed by atoms with Crippen LogP contribution in [0.1, 0.15) is 46.5 Å². The first kappa shape index (κ1) is 17.9. The number of alkyl halides is 3. The van der Waals surface area contributed by atoms with Crippen LogP contribution in [0.3, 0.4) is 0 Å². The van der Waals surface area contributed by atoms with E-state index in [1.54, 1.807) is 6.92 Å². The third-order valence-corrected chi connectivity index (χ3v) is 6.79. The first-order valence-corrected chi connectivity index (χ1v) is 8.71. The molecular formula is C16H23F3O6. The fourth-order valence-electron chi connectivity index (χ4n) is 5.40. The standard InChI is InChI=1S/C16H23F3O6/c1-8-4-5-11-9(2)15(23-20,16(17,18)19)22-12-14(11)10(8)6-7-13(3,21-12)24-25-14/h8-12,20H,4-7H2,1-3H3/t8-,9-,10+,11?,12+,13+,14?,15+/m1/s1. The molecule has 8 atom stereocenters. The fraction of sp³-hybridized carbons (Fsp3) is 1.00. The second kappa shape index (κ2) is 5.30. The summed E-state index contributed by atoms with van der Waals surface area (Å²) in [5.41, 5.74) is -1.14. The lowest BCUT2D eigenvalue weighted by Gasteiger charge is -2.62. The van der Waals surface area contributed by atoms with E-state index in [9.17, 15) is 18.4 Å². The molecule has 5 aliphatic rings. The number of hydrogen-bond acceptors (Lipinski definition) is 6. The predicted octanol–water partition coefficient (Wildman–Crippen LogP) is 3.62. The lowest BCUT2D eigenvalue weighted by Crippen LogP contribution is -2.75. The monoisotopic (exact) mass is 368 g/mol. The van der Waals surface area contributed by atoms with Crippen molar-refractivity contribution < 1.29 is 42.6 Å². The zero-order chi connectivity index (χ0) is 18.3. The van der Waals surface area contributed by atoms with E-state index in [2.05, 4.69) is 11.8 Å². The van der Waals surface area contributed by atoms with Gasteiger partial charge in [0.15, 0.2) is 11.9 Å². The maximum Gasteiger partial charge on any atom is 0.446 e. The van der Waals surface area contributed by atoms with Crippen molar-refractivity contribution in [2.75, 3.05) is 0 Å². The van der Waals surface area contributed by atoms with Crippen LogP contribution in [-0.4, -0.2) is 34.9 Å². The summed E-state index contributed by atoms with van der Waals surface area (Å²) in [4.78, 5) is 15.3. The van der Waals surface area contributed by atoms with Gasteiger partial charge in [0.25, 0.3) is 0 Å². The van der Waals surface area contributed by atoms with Gasteiger partial charge in [-0.2, -0.15) is 18.1 Å². The number of hydrogen-bond donors (Lipinski definition) is 1. The third-order valence-electron chi connectivity index (χ3n) is 6.79. The van der Waals surface area contributed by atoms with Gasteiger partial charge < -0.3 is 9.47 Å². The van der Waals surface area contributed by atoms with Crippen molar-refractivity contribution in [1.29, 1.82) is 0 Å². The minimum atomic E-state index is -4.93. The Hall–Kier alpha value is -0.450. The van der Waals surface area contributed by atoms with Gasteiger partial charge in [-0.15, -0.1) is 0 Å². The second-order valence-corrected chi connectivity index (χ2v) is 8.07. The first-order chi connectivity index (χ1) is 11.6. The molecule has 0 amide bonds. The molecule has 4 heterocycles. The van der Waals surface area contributed by atoms with Crippen molar-refractivity contribution in [2.45, 2.75) is 76.1 Å². The average molecular weight is 368 g/mol. The number of rotatable bonds is 1. The molecule has 1 spiro atoms. The molecule has 2 unspecified atom stereocenters. The summed E-state index contributed by atoms with van der Waals surface area (Å²) in [5.74, 6) is -5.96. The van der Waals surface area contributed by atoms with Gasteiger partial charge in [-0.1, -0.05) is 13.8 Å².